The number of nitrogens with zero attached hydrogens (tertiary/aromatic N) is 1. The first-order valence-electron chi connectivity index (χ1n) is 9.44. The van der Waals surface area contributed by atoms with Crippen molar-refractivity contribution in [3.05, 3.63) is 29.8 Å². The summed E-state index contributed by atoms with van der Waals surface area (Å²) in [6.07, 6.45) is 3.25. The van der Waals surface area contributed by atoms with Crippen LogP contribution in [-0.2, 0) is 10.0 Å². The Bertz CT molecular complexity index is 682. The van der Waals surface area contributed by atoms with E-state index >= 15 is 0 Å². The van der Waals surface area contributed by atoms with Crippen molar-refractivity contribution in [2.45, 2.75) is 51.0 Å². The van der Waals surface area contributed by atoms with E-state index in [-0.39, 0.29) is 16.8 Å². The Hall–Kier alpha value is -1.44. The Labute approximate surface area is 157 Å². The van der Waals surface area contributed by atoms with E-state index in [1.54, 1.807) is 12.1 Å². The Morgan fingerprint density at radius 2 is 1.77 bits per heavy atom. The molecule has 0 radical (unpaired) electrons. The lowest BCUT2D eigenvalue weighted by atomic mass is 10.1. The van der Waals surface area contributed by atoms with Gasteiger partial charge in [0.1, 0.15) is 0 Å². The summed E-state index contributed by atoms with van der Waals surface area (Å²) >= 11 is 0. The van der Waals surface area contributed by atoms with Crippen molar-refractivity contribution < 1.29 is 13.2 Å². The molecule has 0 saturated carbocycles. The molecule has 6 nitrogen and oxygen atoms in total. The Balaban J connectivity index is 1.87. The molecule has 0 spiro atoms. The van der Waals surface area contributed by atoms with Crippen LogP contribution in [0.3, 0.4) is 0 Å². The third-order valence-corrected chi connectivity index (χ3v) is 6.38. The number of nitrogens with one attached hydrogen (secondary N) is 2. The van der Waals surface area contributed by atoms with Crippen molar-refractivity contribution in [3.63, 3.8) is 0 Å². The second kappa shape index (κ2) is 9.48. The Kier molecular flexibility index (Phi) is 7.61. The highest BCUT2D eigenvalue weighted by Gasteiger charge is 2.18. The van der Waals surface area contributed by atoms with Crippen LogP contribution in [0.1, 0.15) is 50.4 Å². The van der Waals surface area contributed by atoms with Crippen molar-refractivity contribution in [3.8, 4) is 0 Å². The number of benzene rings is 1. The van der Waals surface area contributed by atoms with Crippen LogP contribution in [0.5, 0.6) is 0 Å². The standard InChI is InChI=1S/C19H31N3O3S/c1-4-16(3)21-26(24,25)18-9-7-17(8-10-18)19(23)20-13-15(2)14-22-11-5-6-12-22/h7-10,15-16,21H,4-6,11-14H2,1-3H3,(H,20,23). The third kappa shape index (κ3) is 6.07. The fourth-order valence-electron chi connectivity index (χ4n) is 3.04. The van der Waals surface area contributed by atoms with E-state index in [9.17, 15) is 13.2 Å². The van der Waals surface area contributed by atoms with Gasteiger partial charge in [-0.1, -0.05) is 13.8 Å². The van der Waals surface area contributed by atoms with Crippen LogP contribution >= 0.6 is 0 Å². The van der Waals surface area contributed by atoms with E-state index in [2.05, 4.69) is 21.9 Å². The van der Waals surface area contributed by atoms with E-state index in [0.717, 1.165) is 26.1 Å². The van der Waals surface area contributed by atoms with Crippen LogP contribution in [0.4, 0.5) is 0 Å². The molecule has 26 heavy (non-hydrogen) atoms. The maximum atomic E-state index is 12.3. The van der Waals surface area contributed by atoms with Crippen LogP contribution in [-0.4, -0.2) is 51.4 Å². The second-order valence-corrected chi connectivity index (χ2v) is 8.99. The quantitative estimate of drug-likeness (QED) is 0.687. The Morgan fingerprint density at radius 3 is 2.35 bits per heavy atom. The van der Waals surface area contributed by atoms with Crippen LogP contribution in [0.2, 0.25) is 0 Å². The molecule has 1 saturated heterocycles. The highest BCUT2D eigenvalue weighted by atomic mass is 32.2. The van der Waals surface area contributed by atoms with Gasteiger partial charge in [0.05, 0.1) is 4.90 Å². The molecule has 0 bridgehead atoms. The minimum Gasteiger partial charge on any atom is -0.352 e. The number of rotatable bonds is 9. The highest BCUT2D eigenvalue weighted by Crippen LogP contribution is 2.13. The number of carbonyl (C=O) groups is 1. The van der Waals surface area contributed by atoms with Crippen molar-refractivity contribution in [2.24, 2.45) is 5.92 Å². The minimum atomic E-state index is -3.54. The molecule has 1 amide bonds. The number of hydrogen-bond acceptors (Lipinski definition) is 4. The zero-order valence-electron chi connectivity index (χ0n) is 16.0. The maximum absolute atomic E-state index is 12.3. The van der Waals surface area contributed by atoms with E-state index in [1.807, 2.05) is 13.8 Å². The smallest absolute Gasteiger partial charge is 0.251 e. The average Bonchev–Trinajstić information content (AvgIpc) is 3.12. The molecule has 2 N–H and O–H groups in total. The lowest BCUT2D eigenvalue weighted by Crippen LogP contribution is -2.34. The van der Waals surface area contributed by atoms with Gasteiger partial charge in [-0.15, -0.1) is 0 Å². The van der Waals surface area contributed by atoms with Gasteiger partial charge in [-0.25, -0.2) is 13.1 Å². The lowest BCUT2D eigenvalue weighted by Gasteiger charge is -2.20. The predicted octanol–water partition coefficient (Wildman–Crippen LogP) is 2.23. The third-order valence-electron chi connectivity index (χ3n) is 4.78. The fourth-order valence-corrected chi connectivity index (χ4v) is 4.37. The zero-order chi connectivity index (χ0) is 19.2. The van der Waals surface area contributed by atoms with E-state index < -0.39 is 10.0 Å². The number of amides is 1. The fraction of sp³-hybridized carbons (Fsp3) is 0.632. The molecular weight excluding hydrogens is 350 g/mol. The largest absolute Gasteiger partial charge is 0.352 e. The van der Waals surface area contributed by atoms with Crippen molar-refractivity contribution >= 4 is 15.9 Å². The number of carbonyl (C=O) groups excluding carboxylic acids is 1. The summed E-state index contributed by atoms with van der Waals surface area (Å²) in [5.41, 5.74) is 0.473. The molecule has 0 aliphatic carbocycles. The lowest BCUT2D eigenvalue weighted by molar-refractivity contribution is 0.0945. The molecule has 7 heteroatoms. The molecule has 0 aromatic heterocycles. The van der Waals surface area contributed by atoms with Gasteiger partial charge in [-0.3, -0.25) is 4.79 Å². The Morgan fingerprint density at radius 1 is 1.15 bits per heavy atom. The molecule has 2 atom stereocenters. The molecular formula is C19H31N3O3S. The van der Waals surface area contributed by atoms with Crippen molar-refractivity contribution in [1.82, 2.24) is 14.9 Å². The maximum Gasteiger partial charge on any atom is 0.251 e. The van der Waals surface area contributed by atoms with Gasteiger partial charge >= 0.3 is 0 Å². The molecule has 1 aromatic rings. The molecule has 2 unspecified atom stereocenters. The van der Waals surface area contributed by atoms with Crippen molar-refractivity contribution in [1.29, 1.82) is 0 Å². The summed E-state index contributed by atoms with van der Waals surface area (Å²) in [5, 5.41) is 2.94. The number of hydrogen-bond donors (Lipinski definition) is 2. The van der Waals surface area contributed by atoms with Gasteiger partial charge in [0, 0.05) is 24.7 Å². The number of likely N-dealkylation sites (tertiary alicyclic amines) is 1. The summed E-state index contributed by atoms with van der Waals surface area (Å²) in [6.45, 7) is 9.80. The van der Waals surface area contributed by atoms with Crippen LogP contribution in [0.25, 0.3) is 0 Å². The van der Waals surface area contributed by atoms with Gasteiger partial charge < -0.3 is 10.2 Å². The molecule has 1 aliphatic heterocycles. The van der Waals surface area contributed by atoms with Gasteiger partial charge in [0.25, 0.3) is 5.91 Å². The predicted molar refractivity (Wildman–Crippen MR) is 104 cm³/mol. The zero-order valence-corrected chi connectivity index (χ0v) is 16.8. The average molecular weight is 382 g/mol. The van der Waals surface area contributed by atoms with Gasteiger partial charge in [-0.2, -0.15) is 0 Å². The summed E-state index contributed by atoms with van der Waals surface area (Å²) < 4.78 is 27.1. The van der Waals surface area contributed by atoms with Gasteiger partial charge in [0.2, 0.25) is 10.0 Å². The summed E-state index contributed by atoms with van der Waals surface area (Å²) in [5.74, 6) is 0.216. The first-order chi connectivity index (χ1) is 12.3. The van der Waals surface area contributed by atoms with E-state index in [1.165, 1.54) is 25.0 Å². The van der Waals surface area contributed by atoms with Gasteiger partial charge in [-0.05, 0) is 69.5 Å². The number of sulfonamides is 1. The minimum absolute atomic E-state index is 0.125. The van der Waals surface area contributed by atoms with Gasteiger partial charge in [0.15, 0.2) is 0 Å². The monoisotopic (exact) mass is 381 g/mol. The summed E-state index contributed by atoms with van der Waals surface area (Å²) in [7, 11) is -3.54. The van der Waals surface area contributed by atoms with Crippen LogP contribution in [0.15, 0.2) is 29.2 Å². The molecule has 1 aromatic carbocycles. The second-order valence-electron chi connectivity index (χ2n) is 7.28. The van der Waals surface area contributed by atoms with Crippen LogP contribution in [0, 0.1) is 5.92 Å². The first-order valence-corrected chi connectivity index (χ1v) is 10.9. The summed E-state index contributed by atoms with van der Waals surface area (Å²) in [4.78, 5) is 14.9. The molecule has 1 fully saturated rings. The molecule has 1 aliphatic rings. The summed E-state index contributed by atoms with van der Waals surface area (Å²) in [6, 6.07) is 5.96. The highest BCUT2D eigenvalue weighted by molar-refractivity contribution is 7.89. The van der Waals surface area contributed by atoms with Crippen molar-refractivity contribution in [2.75, 3.05) is 26.2 Å². The topological polar surface area (TPSA) is 78.5 Å². The molecule has 2 rings (SSSR count). The van der Waals surface area contributed by atoms with E-state index in [0.29, 0.717) is 18.0 Å². The SMILES string of the molecule is CCC(C)NS(=O)(=O)c1ccc(C(=O)NCC(C)CN2CCCC2)cc1. The van der Waals surface area contributed by atoms with E-state index in [4.69, 9.17) is 0 Å². The molecule has 1 heterocycles. The first kappa shape index (κ1) is 20.9. The van der Waals surface area contributed by atoms with Crippen LogP contribution < -0.4 is 10.0 Å². The molecule has 146 valence electrons. The normalized spacial score (nSPS) is 17.8.